The van der Waals surface area contributed by atoms with E-state index in [1.54, 1.807) is 11.8 Å². The quantitative estimate of drug-likeness (QED) is 0.125. The van der Waals surface area contributed by atoms with Crippen LogP contribution in [0.1, 0.15) is 47.8 Å². The largest absolute Gasteiger partial charge is 0.349 e. The number of benzene rings is 4. The van der Waals surface area contributed by atoms with Crippen LogP contribution in [0.2, 0.25) is 0 Å². The number of aromatic nitrogens is 3. The van der Waals surface area contributed by atoms with Gasteiger partial charge in [-0.3, -0.25) is 9.36 Å². The number of nitrogens with zero attached hydrogens (tertiary/aromatic N) is 3. The van der Waals surface area contributed by atoms with Crippen LogP contribution in [0.25, 0.3) is 5.69 Å². The summed E-state index contributed by atoms with van der Waals surface area (Å²) in [5.74, 6) is 1.88. The number of para-hydroxylation sites is 1. The van der Waals surface area contributed by atoms with Gasteiger partial charge in [0, 0.05) is 24.3 Å². The summed E-state index contributed by atoms with van der Waals surface area (Å²) in [4.78, 5) is 12.9. The molecular weight excluding hydrogens is 512 g/mol. The van der Waals surface area contributed by atoms with Gasteiger partial charge < -0.3 is 5.32 Å². The average Bonchev–Trinajstić information content (AvgIpc) is 3.40. The van der Waals surface area contributed by atoms with E-state index < -0.39 is 0 Å². The molecule has 1 amide bonds. The van der Waals surface area contributed by atoms with Gasteiger partial charge >= 0.3 is 0 Å². The van der Waals surface area contributed by atoms with Crippen LogP contribution in [0.4, 0.5) is 0 Å². The molecule has 0 bridgehead atoms. The summed E-state index contributed by atoms with van der Waals surface area (Å²) in [7, 11) is 0. The maximum atomic E-state index is 12.9. The molecule has 0 spiro atoms. The summed E-state index contributed by atoms with van der Waals surface area (Å²) in [6.07, 6.45) is 3.73. The summed E-state index contributed by atoms with van der Waals surface area (Å²) in [5, 5.41) is 13.2. The van der Waals surface area contributed by atoms with Crippen molar-refractivity contribution in [2.24, 2.45) is 0 Å². The Hall–Kier alpha value is -4.16. The van der Waals surface area contributed by atoms with Gasteiger partial charge in [-0.15, -0.1) is 10.2 Å². The topological polar surface area (TPSA) is 59.8 Å². The molecule has 0 saturated heterocycles. The first-order valence-corrected chi connectivity index (χ1v) is 14.8. The fourth-order valence-corrected chi connectivity index (χ4v) is 5.70. The van der Waals surface area contributed by atoms with Gasteiger partial charge in [0.15, 0.2) is 5.16 Å². The molecule has 0 aliphatic heterocycles. The molecule has 0 aliphatic carbocycles. The molecule has 5 rings (SSSR count). The molecule has 202 valence electrons. The summed E-state index contributed by atoms with van der Waals surface area (Å²) >= 11 is 1.70. The fraction of sp³-hybridized carbons (Fsp3) is 0.206. The Bertz CT molecular complexity index is 1460. The Balaban J connectivity index is 1.16. The van der Waals surface area contributed by atoms with Crippen molar-refractivity contribution in [3.05, 3.63) is 144 Å². The SMILES string of the molecule is O=C(CCCCSc1nnc(Cc2ccccc2)n1-c1ccccc1)NC(Cc1ccccc1)c1ccccc1. The molecule has 1 atom stereocenters. The molecule has 1 unspecified atom stereocenters. The highest BCUT2D eigenvalue weighted by Gasteiger charge is 2.17. The van der Waals surface area contributed by atoms with Gasteiger partial charge in [-0.25, -0.2) is 0 Å². The molecular formula is C34H34N4OS. The van der Waals surface area contributed by atoms with Crippen molar-refractivity contribution in [1.29, 1.82) is 0 Å². The normalized spacial score (nSPS) is 11.7. The number of unbranched alkanes of at least 4 members (excludes halogenated alkanes) is 1. The second kappa shape index (κ2) is 14.3. The predicted molar refractivity (Wildman–Crippen MR) is 163 cm³/mol. The third-order valence-electron chi connectivity index (χ3n) is 6.77. The Morgan fingerprint density at radius 3 is 2.00 bits per heavy atom. The highest BCUT2D eigenvalue weighted by molar-refractivity contribution is 7.99. The molecule has 40 heavy (non-hydrogen) atoms. The number of carbonyl (C=O) groups is 1. The van der Waals surface area contributed by atoms with E-state index in [2.05, 4.69) is 68.6 Å². The lowest BCUT2D eigenvalue weighted by atomic mass is 9.98. The van der Waals surface area contributed by atoms with Crippen molar-refractivity contribution in [1.82, 2.24) is 20.1 Å². The smallest absolute Gasteiger partial charge is 0.220 e. The fourth-order valence-electron chi connectivity index (χ4n) is 4.73. The van der Waals surface area contributed by atoms with Crippen molar-refractivity contribution in [3.8, 4) is 5.69 Å². The number of carbonyl (C=O) groups excluding carboxylic acids is 1. The van der Waals surface area contributed by atoms with Gasteiger partial charge in [0.25, 0.3) is 0 Å². The standard InChI is InChI=1S/C34H34N4OS/c39-33(35-31(29-19-9-3-10-20-29)25-27-15-5-1-6-16-27)23-13-14-24-40-34-37-36-32(26-28-17-7-2-8-18-28)38(34)30-21-11-4-12-22-30/h1-12,15-22,31H,13-14,23-26H2,(H,35,39). The zero-order valence-corrected chi connectivity index (χ0v) is 23.3. The Morgan fingerprint density at radius 1 is 0.725 bits per heavy atom. The second-order valence-electron chi connectivity index (χ2n) is 9.76. The van der Waals surface area contributed by atoms with Gasteiger partial charge in [-0.05, 0) is 48.1 Å². The number of rotatable bonds is 13. The van der Waals surface area contributed by atoms with Crippen LogP contribution < -0.4 is 5.32 Å². The van der Waals surface area contributed by atoms with E-state index >= 15 is 0 Å². The first-order chi connectivity index (χ1) is 19.8. The van der Waals surface area contributed by atoms with Gasteiger partial charge in [-0.1, -0.05) is 121 Å². The van der Waals surface area contributed by atoms with E-state index in [4.69, 9.17) is 0 Å². The molecule has 5 nitrogen and oxygen atoms in total. The van der Waals surface area contributed by atoms with Crippen LogP contribution in [-0.2, 0) is 17.6 Å². The van der Waals surface area contributed by atoms with Gasteiger partial charge in [0.2, 0.25) is 5.91 Å². The van der Waals surface area contributed by atoms with Crippen molar-refractivity contribution < 1.29 is 4.79 Å². The molecule has 0 radical (unpaired) electrons. The minimum atomic E-state index is -0.0436. The summed E-state index contributed by atoms with van der Waals surface area (Å²) in [6, 6.07) is 41.1. The molecule has 1 heterocycles. The molecule has 6 heteroatoms. The van der Waals surface area contributed by atoms with E-state index in [0.717, 1.165) is 53.7 Å². The lowest BCUT2D eigenvalue weighted by molar-refractivity contribution is -0.121. The van der Waals surface area contributed by atoms with Crippen molar-refractivity contribution >= 4 is 17.7 Å². The zero-order valence-electron chi connectivity index (χ0n) is 22.5. The number of amides is 1. The molecule has 1 N–H and O–H groups in total. The van der Waals surface area contributed by atoms with Crippen LogP contribution in [0.3, 0.4) is 0 Å². The number of hydrogen-bond donors (Lipinski definition) is 1. The lowest BCUT2D eigenvalue weighted by Crippen LogP contribution is -2.29. The maximum Gasteiger partial charge on any atom is 0.220 e. The second-order valence-corrected chi connectivity index (χ2v) is 10.8. The molecule has 4 aromatic carbocycles. The highest BCUT2D eigenvalue weighted by Crippen LogP contribution is 2.25. The number of thioether (sulfide) groups is 1. The first-order valence-electron chi connectivity index (χ1n) is 13.8. The highest BCUT2D eigenvalue weighted by atomic mass is 32.2. The zero-order chi connectivity index (χ0) is 27.4. The van der Waals surface area contributed by atoms with Crippen LogP contribution >= 0.6 is 11.8 Å². The third kappa shape index (κ3) is 7.70. The van der Waals surface area contributed by atoms with Crippen LogP contribution in [0.15, 0.2) is 126 Å². The average molecular weight is 547 g/mol. The van der Waals surface area contributed by atoms with Gasteiger partial charge in [0.1, 0.15) is 5.82 Å². The number of nitrogens with one attached hydrogen (secondary N) is 1. The summed E-state index contributed by atoms with van der Waals surface area (Å²) < 4.78 is 2.15. The Labute approximate surface area is 240 Å². The van der Waals surface area contributed by atoms with Gasteiger partial charge in [0.05, 0.1) is 6.04 Å². The van der Waals surface area contributed by atoms with Crippen LogP contribution in [0, 0.1) is 0 Å². The molecule has 5 aromatic rings. The third-order valence-corrected chi connectivity index (χ3v) is 7.78. The van der Waals surface area contributed by atoms with Crippen molar-refractivity contribution in [2.75, 3.05) is 5.75 Å². The molecule has 0 fully saturated rings. The first kappa shape index (κ1) is 27.4. The minimum absolute atomic E-state index is 0.0436. The van der Waals surface area contributed by atoms with E-state index in [1.807, 2.05) is 72.8 Å². The maximum absolute atomic E-state index is 12.9. The van der Waals surface area contributed by atoms with Crippen LogP contribution in [0.5, 0.6) is 0 Å². The molecule has 0 saturated carbocycles. The molecule has 1 aromatic heterocycles. The van der Waals surface area contributed by atoms with E-state index in [-0.39, 0.29) is 11.9 Å². The lowest BCUT2D eigenvalue weighted by Gasteiger charge is -2.19. The Kier molecular flexibility index (Phi) is 9.79. The Morgan fingerprint density at radius 2 is 1.32 bits per heavy atom. The number of hydrogen-bond acceptors (Lipinski definition) is 4. The summed E-state index contributed by atoms with van der Waals surface area (Å²) in [5.41, 5.74) is 4.60. The van der Waals surface area contributed by atoms with Crippen molar-refractivity contribution in [2.45, 2.75) is 43.3 Å². The van der Waals surface area contributed by atoms with E-state index in [9.17, 15) is 4.79 Å². The summed E-state index contributed by atoms with van der Waals surface area (Å²) in [6.45, 7) is 0. The van der Waals surface area contributed by atoms with E-state index in [1.165, 1.54) is 11.1 Å². The van der Waals surface area contributed by atoms with Gasteiger partial charge in [-0.2, -0.15) is 0 Å². The van der Waals surface area contributed by atoms with Crippen molar-refractivity contribution in [3.63, 3.8) is 0 Å². The monoisotopic (exact) mass is 546 g/mol. The van der Waals surface area contributed by atoms with Crippen LogP contribution in [-0.4, -0.2) is 26.4 Å². The predicted octanol–water partition coefficient (Wildman–Crippen LogP) is 7.22. The minimum Gasteiger partial charge on any atom is -0.349 e. The van der Waals surface area contributed by atoms with E-state index in [0.29, 0.717) is 6.42 Å². The molecule has 0 aliphatic rings.